The molecule has 0 aliphatic heterocycles. The minimum absolute atomic E-state index is 0.214. The summed E-state index contributed by atoms with van der Waals surface area (Å²) in [7, 11) is 1.56. The fourth-order valence-corrected chi connectivity index (χ4v) is 2.59. The Morgan fingerprint density at radius 1 is 1.38 bits per heavy atom. The lowest BCUT2D eigenvalue weighted by atomic mass is 10.2. The molecule has 3 aromatic rings. The molecule has 2 heterocycles. The van der Waals surface area contributed by atoms with E-state index < -0.39 is 0 Å². The van der Waals surface area contributed by atoms with Crippen molar-refractivity contribution in [1.29, 1.82) is 0 Å². The lowest BCUT2D eigenvalue weighted by molar-refractivity contribution is 0.0949. The molecule has 0 aliphatic carbocycles. The average Bonchev–Trinajstić information content (AvgIpc) is 3.15. The highest BCUT2D eigenvalue weighted by atomic mass is 79.9. The number of hydrogen-bond acceptors (Lipinski definition) is 5. The number of nitrogens with one attached hydrogen (secondary N) is 1. The number of benzene rings is 1. The van der Waals surface area contributed by atoms with Crippen molar-refractivity contribution in [3.63, 3.8) is 0 Å². The van der Waals surface area contributed by atoms with Crippen molar-refractivity contribution in [1.82, 2.24) is 25.1 Å². The molecule has 3 rings (SSSR count). The van der Waals surface area contributed by atoms with E-state index >= 15 is 0 Å². The number of rotatable bonds is 5. The molecule has 0 bridgehead atoms. The third-order valence-corrected chi connectivity index (χ3v) is 4.05. The zero-order valence-electron chi connectivity index (χ0n) is 12.8. The summed E-state index contributed by atoms with van der Waals surface area (Å²) in [5.74, 6) is 1.03. The van der Waals surface area contributed by atoms with Crippen molar-refractivity contribution in [2.75, 3.05) is 7.11 Å². The Labute approximate surface area is 146 Å². The number of methoxy groups -OCH3 is 1. The zero-order valence-corrected chi connectivity index (χ0v) is 14.4. The molecule has 0 atom stereocenters. The fourth-order valence-electron chi connectivity index (χ4n) is 2.17. The smallest absolute Gasteiger partial charge is 0.252 e. The van der Waals surface area contributed by atoms with E-state index in [2.05, 4.69) is 36.3 Å². The van der Waals surface area contributed by atoms with E-state index in [9.17, 15) is 4.79 Å². The summed E-state index contributed by atoms with van der Waals surface area (Å²) < 4.78 is 7.42. The van der Waals surface area contributed by atoms with E-state index in [0.29, 0.717) is 28.1 Å². The van der Waals surface area contributed by atoms with E-state index in [1.807, 2.05) is 12.1 Å². The summed E-state index contributed by atoms with van der Waals surface area (Å²) in [6.07, 6.45) is 4.66. The SMILES string of the molecule is COc1ccc(Br)c(C(=O)NCc2cccnc2-n2cncn2)c1. The van der Waals surface area contributed by atoms with Crippen LogP contribution in [0, 0.1) is 0 Å². The van der Waals surface area contributed by atoms with Gasteiger partial charge in [-0.3, -0.25) is 4.79 Å². The van der Waals surface area contributed by atoms with Crippen molar-refractivity contribution in [3.05, 3.63) is 64.8 Å². The van der Waals surface area contributed by atoms with Gasteiger partial charge in [0.15, 0.2) is 5.82 Å². The molecule has 0 spiro atoms. The van der Waals surface area contributed by atoms with Crippen LogP contribution in [0.1, 0.15) is 15.9 Å². The molecule has 2 aromatic heterocycles. The van der Waals surface area contributed by atoms with Crippen molar-refractivity contribution >= 4 is 21.8 Å². The first kappa shape index (κ1) is 16.1. The Balaban J connectivity index is 1.78. The van der Waals surface area contributed by atoms with Gasteiger partial charge in [0.2, 0.25) is 0 Å². The van der Waals surface area contributed by atoms with Crippen molar-refractivity contribution in [2.24, 2.45) is 0 Å². The second kappa shape index (κ2) is 7.22. The molecule has 1 N–H and O–H groups in total. The molecule has 0 aliphatic rings. The lowest BCUT2D eigenvalue weighted by Gasteiger charge is -2.11. The van der Waals surface area contributed by atoms with Gasteiger partial charge in [0.1, 0.15) is 18.4 Å². The van der Waals surface area contributed by atoms with E-state index in [4.69, 9.17) is 4.74 Å². The average molecular weight is 388 g/mol. The minimum atomic E-state index is -0.214. The lowest BCUT2D eigenvalue weighted by Crippen LogP contribution is -2.24. The summed E-state index contributed by atoms with van der Waals surface area (Å²) in [5, 5.41) is 6.96. The maximum atomic E-state index is 12.5. The molecule has 0 fully saturated rings. The number of halogens is 1. The number of ether oxygens (including phenoxy) is 1. The zero-order chi connectivity index (χ0) is 16.9. The van der Waals surface area contributed by atoms with Crippen LogP contribution in [0.2, 0.25) is 0 Å². The normalized spacial score (nSPS) is 10.4. The van der Waals surface area contributed by atoms with Gasteiger partial charge in [-0.1, -0.05) is 6.07 Å². The number of aromatic nitrogens is 4. The maximum absolute atomic E-state index is 12.5. The van der Waals surface area contributed by atoms with Crippen LogP contribution in [0.4, 0.5) is 0 Å². The van der Waals surface area contributed by atoms with Crippen molar-refractivity contribution in [2.45, 2.75) is 6.54 Å². The van der Waals surface area contributed by atoms with Crippen LogP contribution >= 0.6 is 15.9 Å². The number of nitrogens with zero attached hydrogens (tertiary/aromatic N) is 4. The van der Waals surface area contributed by atoms with Crippen LogP contribution in [0.15, 0.2) is 53.7 Å². The highest BCUT2D eigenvalue weighted by Crippen LogP contribution is 2.22. The topological polar surface area (TPSA) is 81.9 Å². The molecule has 1 aromatic carbocycles. The van der Waals surface area contributed by atoms with Gasteiger partial charge in [-0.05, 0) is 40.2 Å². The van der Waals surface area contributed by atoms with Gasteiger partial charge in [-0.15, -0.1) is 0 Å². The Morgan fingerprint density at radius 3 is 3.00 bits per heavy atom. The number of hydrogen-bond donors (Lipinski definition) is 1. The first-order chi connectivity index (χ1) is 11.7. The summed E-state index contributed by atoms with van der Waals surface area (Å²) in [4.78, 5) is 20.7. The highest BCUT2D eigenvalue weighted by molar-refractivity contribution is 9.10. The van der Waals surface area contributed by atoms with E-state index in [1.165, 1.54) is 6.33 Å². The van der Waals surface area contributed by atoms with Gasteiger partial charge in [0, 0.05) is 22.8 Å². The Hall–Kier alpha value is -2.74. The van der Waals surface area contributed by atoms with Crippen molar-refractivity contribution < 1.29 is 9.53 Å². The molecule has 0 unspecified atom stereocenters. The molecule has 1 amide bonds. The molecule has 122 valence electrons. The van der Waals surface area contributed by atoms with Crippen LogP contribution in [0.5, 0.6) is 5.75 Å². The summed E-state index contributed by atoms with van der Waals surface area (Å²) >= 11 is 3.38. The van der Waals surface area contributed by atoms with E-state index in [-0.39, 0.29) is 5.91 Å². The third-order valence-electron chi connectivity index (χ3n) is 3.36. The van der Waals surface area contributed by atoms with Crippen LogP contribution in [0.3, 0.4) is 0 Å². The first-order valence-electron chi connectivity index (χ1n) is 7.09. The molecule has 8 heteroatoms. The van der Waals surface area contributed by atoms with Gasteiger partial charge in [0.05, 0.1) is 12.7 Å². The maximum Gasteiger partial charge on any atom is 0.252 e. The number of pyridine rings is 1. The van der Waals surface area contributed by atoms with Crippen LogP contribution in [-0.4, -0.2) is 32.8 Å². The molecule has 0 radical (unpaired) electrons. The third kappa shape index (κ3) is 3.43. The molecular formula is C16H14BrN5O2. The Kier molecular flexibility index (Phi) is 4.85. The van der Waals surface area contributed by atoms with Crippen LogP contribution < -0.4 is 10.1 Å². The number of amides is 1. The van der Waals surface area contributed by atoms with Gasteiger partial charge in [0.25, 0.3) is 5.91 Å². The molecule has 7 nitrogen and oxygen atoms in total. The van der Waals surface area contributed by atoms with Gasteiger partial charge in [-0.2, -0.15) is 5.10 Å². The minimum Gasteiger partial charge on any atom is -0.497 e. The summed E-state index contributed by atoms with van der Waals surface area (Å²) in [5.41, 5.74) is 1.33. The number of carbonyl (C=O) groups is 1. The predicted molar refractivity (Wildman–Crippen MR) is 91.0 cm³/mol. The largest absolute Gasteiger partial charge is 0.497 e. The first-order valence-corrected chi connectivity index (χ1v) is 7.89. The molecule has 24 heavy (non-hydrogen) atoms. The van der Waals surface area contributed by atoms with Crippen LogP contribution in [-0.2, 0) is 6.54 Å². The predicted octanol–water partition coefficient (Wildman–Crippen LogP) is 2.36. The van der Waals surface area contributed by atoms with Gasteiger partial charge >= 0.3 is 0 Å². The number of carbonyl (C=O) groups excluding carboxylic acids is 1. The highest BCUT2D eigenvalue weighted by Gasteiger charge is 2.13. The Morgan fingerprint density at radius 2 is 2.25 bits per heavy atom. The van der Waals surface area contributed by atoms with Gasteiger partial charge < -0.3 is 10.1 Å². The standard InChI is InChI=1S/C16H14BrN5O2/c1-24-12-4-5-14(17)13(7-12)16(23)20-8-11-3-2-6-19-15(11)22-10-18-9-21-22/h2-7,9-10H,8H2,1H3,(H,20,23). The molecule has 0 saturated heterocycles. The van der Waals surface area contributed by atoms with E-state index in [1.54, 1.807) is 42.5 Å². The van der Waals surface area contributed by atoms with Gasteiger partial charge in [-0.25, -0.2) is 14.6 Å². The molecular weight excluding hydrogens is 374 g/mol. The Bertz CT molecular complexity index is 851. The van der Waals surface area contributed by atoms with E-state index in [0.717, 1.165) is 5.56 Å². The second-order valence-electron chi connectivity index (χ2n) is 4.85. The quantitative estimate of drug-likeness (QED) is 0.726. The van der Waals surface area contributed by atoms with Crippen molar-refractivity contribution in [3.8, 4) is 11.6 Å². The fraction of sp³-hybridized carbons (Fsp3) is 0.125. The summed E-state index contributed by atoms with van der Waals surface area (Å²) in [6.45, 7) is 0.311. The summed E-state index contributed by atoms with van der Waals surface area (Å²) in [6, 6.07) is 8.93. The molecule has 0 saturated carbocycles. The monoisotopic (exact) mass is 387 g/mol. The van der Waals surface area contributed by atoms with Crippen LogP contribution in [0.25, 0.3) is 5.82 Å². The second-order valence-corrected chi connectivity index (χ2v) is 5.71.